The number of benzene rings is 1. The van der Waals surface area contributed by atoms with E-state index in [1.165, 1.54) is 24.2 Å². The summed E-state index contributed by atoms with van der Waals surface area (Å²) < 4.78 is 0. The maximum Gasteiger partial charge on any atom is 0.0388 e. The highest BCUT2D eigenvalue weighted by molar-refractivity contribution is 5.49. The number of hydrogen-bond donors (Lipinski definition) is 1. The van der Waals surface area contributed by atoms with Gasteiger partial charge >= 0.3 is 0 Å². The molecule has 1 aromatic carbocycles. The first-order chi connectivity index (χ1) is 8.20. The van der Waals surface area contributed by atoms with Gasteiger partial charge in [-0.25, -0.2) is 0 Å². The van der Waals surface area contributed by atoms with E-state index >= 15 is 0 Å². The predicted molar refractivity (Wildman–Crippen MR) is 73.3 cm³/mol. The normalized spacial score (nSPS) is 22.5. The Hall–Kier alpha value is -1.06. The largest absolute Gasteiger partial charge is 0.367 e. The molecule has 1 unspecified atom stereocenters. The van der Waals surface area contributed by atoms with E-state index in [9.17, 15) is 0 Å². The van der Waals surface area contributed by atoms with Crippen LogP contribution in [0.3, 0.4) is 0 Å². The van der Waals surface area contributed by atoms with E-state index in [-0.39, 0.29) is 0 Å². The Balaban J connectivity index is 2.19. The second kappa shape index (κ2) is 5.52. The van der Waals surface area contributed by atoms with Gasteiger partial charge in [0, 0.05) is 31.4 Å². The Morgan fingerprint density at radius 1 is 1.35 bits per heavy atom. The van der Waals surface area contributed by atoms with Crippen LogP contribution in [0.1, 0.15) is 18.9 Å². The average Bonchev–Trinajstić information content (AvgIpc) is 2.50. The van der Waals surface area contributed by atoms with Crippen molar-refractivity contribution >= 4 is 5.69 Å². The molecule has 0 saturated carbocycles. The Labute approximate surface area is 104 Å². The van der Waals surface area contributed by atoms with Crippen LogP contribution in [0.2, 0.25) is 0 Å². The molecule has 3 heteroatoms. The first-order valence-corrected chi connectivity index (χ1v) is 6.45. The molecule has 1 aliphatic rings. The van der Waals surface area contributed by atoms with Crippen LogP contribution in [0.15, 0.2) is 24.3 Å². The Morgan fingerprint density at radius 2 is 2.18 bits per heavy atom. The molecular weight excluding hydrogens is 210 g/mol. The molecule has 1 aromatic rings. The van der Waals surface area contributed by atoms with Crippen molar-refractivity contribution in [2.45, 2.75) is 25.9 Å². The predicted octanol–water partition coefficient (Wildman–Crippen LogP) is 1.68. The van der Waals surface area contributed by atoms with Gasteiger partial charge in [0.1, 0.15) is 0 Å². The fraction of sp³-hybridized carbons (Fsp3) is 0.571. The molecule has 0 radical (unpaired) electrons. The summed E-state index contributed by atoms with van der Waals surface area (Å²) in [5, 5.41) is 0. The first-order valence-electron chi connectivity index (χ1n) is 6.45. The summed E-state index contributed by atoms with van der Waals surface area (Å²) in [5.74, 6) is 0. The third-order valence-corrected chi connectivity index (χ3v) is 3.52. The second-order valence-corrected chi connectivity index (χ2v) is 5.03. The van der Waals surface area contributed by atoms with Crippen molar-refractivity contribution in [1.82, 2.24) is 4.90 Å². The minimum absolute atomic E-state index is 0.565. The molecule has 0 aromatic heterocycles. The number of nitrogens with two attached hydrogens (primary N) is 1. The van der Waals surface area contributed by atoms with Crippen LogP contribution in [0.25, 0.3) is 0 Å². The van der Waals surface area contributed by atoms with Crippen molar-refractivity contribution in [3.63, 3.8) is 0 Å². The first kappa shape index (κ1) is 12.4. The molecule has 1 heterocycles. The highest BCUT2D eigenvalue weighted by Gasteiger charge is 2.19. The van der Waals surface area contributed by atoms with E-state index in [0.29, 0.717) is 12.6 Å². The standard InChI is InChI=1S/C14H23N3/c1-12-11-16(2)7-4-8-17(12)14-6-3-5-13(9-14)10-15/h3,5-6,9,12H,4,7-8,10-11,15H2,1-2H3. The monoisotopic (exact) mass is 233 g/mol. The van der Waals surface area contributed by atoms with Crippen molar-refractivity contribution in [2.24, 2.45) is 5.73 Å². The van der Waals surface area contributed by atoms with Gasteiger partial charge < -0.3 is 15.5 Å². The van der Waals surface area contributed by atoms with Gasteiger partial charge in [0.15, 0.2) is 0 Å². The highest BCUT2D eigenvalue weighted by atomic mass is 15.2. The van der Waals surface area contributed by atoms with Gasteiger partial charge in [0.25, 0.3) is 0 Å². The molecule has 0 spiro atoms. The van der Waals surface area contributed by atoms with Crippen LogP contribution in [-0.2, 0) is 6.54 Å². The molecule has 0 bridgehead atoms. The molecule has 3 nitrogen and oxygen atoms in total. The lowest BCUT2D eigenvalue weighted by Crippen LogP contribution is -2.37. The second-order valence-electron chi connectivity index (χ2n) is 5.03. The number of hydrogen-bond acceptors (Lipinski definition) is 3. The van der Waals surface area contributed by atoms with Gasteiger partial charge in [-0.3, -0.25) is 0 Å². The lowest BCUT2D eigenvalue weighted by molar-refractivity contribution is 0.337. The molecule has 0 aliphatic carbocycles. The smallest absolute Gasteiger partial charge is 0.0388 e. The Bertz CT molecular complexity index is 364. The summed E-state index contributed by atoms with van der Waals surface area (Å²) in [5.41, 5.74) is 8.24. The maximum atomic E-state index is 5.71. The van der Waals surface area contributed by atoms with Crippen LogP contribution < -0.4 is 10.6 Å². The van der Waals surface area contributed by atoms with Gasteiger partial charge in [0.05, 0.1) is 0 Å². The zero-order chi connectivity index (χ0) is 12.3. The number of rotatable bonds is 2. The van der Waals surface area contributed by atoms with E-state index < -0.39 is 0 Å². The van der Waals surface area contributed by atoms with E-state index in [1.807, 2.05) is 0 Å². The molecule has 2 rings (SSSR count). The van der Waals surface area contributed by atoms with Crippen LogP contribution in [0.4, 0.5) is 5.69 Å². The van der Waals surface area contributed by atoms with Crippen LogP contribution in [0.5, 0.6) is 0 Å². The maximum absolute atomic E-state index is 5.71. The molecule has 2 N–H and O–H groups in total. The van der Waals surface area contributed by atoms with Gasteiger partial charge in [-0.15, -0.1) is 0 Å². The van der Waals surface area contributed by atoms with Crippen LogP contribution >= 0.6 is 0 Å². The van der Waals surface area contributed by atoms with Gasteiger partial charge in [-0.2, -0.15) is 0 Å². The zero-order valence-electron chi connectivity index (χ0n) is 10.9. The fourth-order valence-electron chi connectivity index (χ4n) is 2.62. The number of anilines is 1. The Morgan fingerprint density at radius 3 is 2.94 bits per heavy atom. The van der Waals surface area contributed by atoms with Crippen LogP contribution in [-0.4, -0.2) is 37.6 Å². The molecule has 1 fully saturated rings. The minimum atomic E-state index is 0.565. The quantitative estimate of drug-likeness (QED) is 0.843. The van der Waals surface area contributed by atoms with Crippen molar-refractivity contribution in [3.05, 3.63) is 29.8 Å². The van der Waals surface area contributed by atoms with Crippen molar-refractivity contribution < 1.29 is 0 Å². The fourth-order valence-corrected chi connectivity index (χ4v) is 2.62. The minimum Gasteiger partial charge on any atom is -0.367 e. The lowest BCUT2D eigenvalue weighted by atomic mass is 10.1. The van der Waals surface area contributed by atoms with Gasteiger partial charge in [-0.05, 0) is 44.6 Å². The summed E-state index contributed by atoms with van der Waals surface area (Å²) in [7, 11) is 2.20. The topological polar surface area (TPSA) is 32.5 Å². The molecule has 1 saturated heterocycles. The van der Waals surface area contributed by atoms with Gasteiger partial charge in [0.2, 0.25) is 0 Å². The summed E-state index contributed by atoms with van der Waals surface area (Å²) >= 11 is 0. The van der Waals surface area contributed by atoms with E-state index in [0.717, 1.165) is 13.1 Å². The highest BCUT2D eigenvalue weighted by Crippen LogP contribution is 2.21. The van der Waals surface area contributed by atoms with Gasteiger partial charge in [-0.1, -0.05) is 12.1 Å². The third-order valence-electron chi connectivity index (χ3n) is 3.52. The summed E-state index contributed by atoms with van der Waals surface area (Å²) in [4.78, 5) is 4.92. The van der Waals surface area contributed by atoms with E-state index in [1.54, 1.807) is 0 Å². The molecule has 17 heavy (non-hydrogen) atoms. The lowest BCUT2D eigenvalue weighted by Gasteiger charge is -2.30. The molecule has 1 atom stereocenters. The van der Waals surface area contributed by atoms with E-state index in [4.69, 9.17) is 5.73 Å². The molecular formula is C14H23N3. The molecule has 0 amide bonds. The third kappa shape index (κ3) is 2.99. The summed E-state index contributed by atoms with van der Waals surface area (Å²) in [6.07, 6.45) is 1.23. The zero-order valence-corrected chi connectivity index (χ0v) is 10.9. The van der Waals surface area contributed by atoms with Crippen LogP contribution in [0, 0.1) is 0 Å². The SMILES string of the molecule is CC1CN(C)CCCN1c1cccc(CN)c1. The molecule has 1 aliphatic heterocycles. The van der Waals surface area contributed by atoms with Crippen molar-refractivity contribution in [2.75, 3.05) is 31.6 Å². The Kier molecular flexibility index (Phi) is 4.02. The molecule has 94 valence electrons. The summed E-state index contributed by atoms with van der Waals surface area (Å²) in [6.45, 7) is 6.39. The van der Waals surface area contributed by atoms with Crippen molar-refractivity contribution in [1.29, 1.82) is 0 Å². The number of nitrogens with zero attached hydrogens (tertiary/aromatic N) is 2. The average molecular weight is 233 g/mol. The summed E-state index contributed by atoms with van der Waals surface area (Å²) in [6, 6.07) is 9.19. The van der Waals surface area contributed by atoms with Crippen molar-refractivity contribution in [3.8, 4) is 0 Å². The van der Waals surface area contributed by atoms with E-state index in [2.05, 4.69) is 48.0 Å². The number of likely N-dealkylation sites (N-methyl/N-ethyl adjacent to an activating group) is 1.